The van der Waals surface area contributed by atoms with Crippen LogP contribution in [0.5, 0.6) is 0 Å². The lowest BCUT2D eigenvalue weighted by Crippen LogP contribution is -2.27. The van der Waals surface area contributed by atoms with Crippen molar-refractivity contribution < 1.29 is 19.1 Å². The number of carbonyl (C=O) groups excluding carboxylic acids is 3. The van der Waals surface area contributed by atoms with E-state index in [1.807, 2.05) is 0 Å². The Labute approximate surface area is 170 Å². The lowest BCUT2D eigenvalue weighted by Gasteiger charge is -2.23. The van der Waals surface area contributed by atoms with E-state index in [4.69, 9.17) is 4.74 Å². The molecule has 3 rings (SSSR count). The standard InChI is InChI=1S/C18H20N4O4S2/c1-2-26-16(25)12-8-3-4-9-13(12)19-14(23)10-27-18-22-21-17(28-18)20-15(24)11-6-5-7-11/h3-4,8-9,11H,2,5-7,10H2,1H3,(H,19,23)(H,20,21,24). The number of amides is 2. The Morgan fingerprint density at radius 2 is 2.00 bits per heavy atom. The van der Waals surface area contributed by atoms with Gasteiger partial charge in [0, 0.05) is 5.92 Å². The van der Waals surface area contributed by atoms with E-state index >= 15 is 0 Å². The Balaban J connectivity index is 1.51. The van der Waals surface area contributed by atoms with Crippen LogP contribution >= 0.6 is 23.1 Å². The van der Waals surface area contributed by atoms with Crippen LogP contribution in [0.25, 0.3) is 0 Å². The molecule has 8 nitrogen and oxygen atoms in total. The summed E-state index contributed by atoms with van der Waals surface area (Å²) < 4.78 is 5.58. The predicted octanol–water partition coefficient (Wildman–Crippen LogP) is 3.18. The van der Waals surface area contributed by atoms with Crippen LogP contribution < -0.4 is 10.6 Å². The van der Waals surface area contributed by atoms with Crippen molar-refractivity contribution >= 4 is 51.7 Å². The molecule has 148 valence electrons. The average molecular weight is 421 g/mol. The molecule has 28 heavy (non-hydrogen) atoms. The van der Waals surface area contributed by atoms with Crippen molar-refractivity contribution in [2.75, 3.05) is 23.0 Å². The molecule has 1 aliphatic rings. The van der Waals surface area contributed by atoms with Crippen molar-refractivity contribution in [3.05, 3.63) is 29.8 Å². The molecule has 1 fully saturated rings. The minimum Gasteiger partial charge on any atom is -0.462 e. The molecule has 0 saturated heterocycles. The maximum atomic E-state index is 12.2. The Morgan fingerprint density at radius 3 is 2.71 bits per heavy atom. The Morgan fingerprint density at radius 1 is 1.21 bits per heavy atom. The fourth-order valence-electron chi connectivity index (χ4n) is 2.49. The zero-order valence-electron chi connectivity index (χ0n) is 15.3. The number of nitrogens with one attached hydrogen (secondary N) is 2. The normalized spacial score (nSPS) is 13.5. The topological polar surface area (TPSA) is 110 Å². The van der Waals surface area contributed by atoms with Gasteiger partial charge in [-0.25, -0.2) is 4.79 Å². The van der Waals surface area contributed by atoms with Crippen LogP contribution in [0.2, 0.25) is 0 Å². The monoisotopic (exact) mass is 420 g/mol. The number of hydrogen-bond acceptors (Lipinski definition) is 8. The second kappa shape index (κ2) is 9.65. The number of ether oxygens (including phenoxy) is 1. The van der Waals surface area contributed by atoms with Gasteiger partial charge >= 0.3 is 5.97 Å². The van der Waals surface area contributed by atoms with Gasteiger partial charge in [0.25, 0.3) is 0 Å². The summed E-state index contributed by atoms with van der Waals surface area (Å²) in [5, 5.41) is 13.8. The highest BCUT2D eigenvalue weighted by Gasteiger charge is 2.26. The van der Waals surface area contributed by atoms with Crippen LogP contribution in [-0.2, 0) is 14.3 Å². The first-order chi connectivity index (χ1) is 13.6. The van der Waals surface area contributed by atoms with Gasteiger partial charge in [-0.05, 0) is 31.9 Å². The van der Waals surface area contributed by atoms with Gasteiger partial charge in [-0.15, -0.1) is 10.2 Å². The zero-order chi connectivity index (χ0) is 19.9. The fraction of sp³-hybridized carbons (Fsp3) is 0.389. The molecular weight excluding hydrogens is 400 g/mol. The van der Waals surface area contributed by atoms with Crippen LogP contribution in [0.15, 0.2) is 28.6 Å². The van der Waals surface area contributed by atoms with Crippen molar-refractivity contribution in [1.82, 2.24) is 10.2 Å². The quantitative estimate of drug-likeness (QED) is 0.383. The molecule has 0 aliphatic heterocycles. The lowest BCUT2D eigenvalue weighted by molar-refractivity contribution is -0.122. The number of nitrogens with zero attached hydrogens (tertiary/aromatic N) is 2. The largest absolute Gasteiger partial charge is 0.462 e. The molecule has 1 aromatic heterocycles. The highest BCUT2D eigenvalue weighted by atomic mass is 32.2. The molecule has 0 radical (unpaired) electrons. The molecule has 2 amide bonds. The number of esters is 1. The van der Waals surface area contributed by atoms with E-state index in [-0.39, 0.29) is 30.1 Å². The summed E-state index contributed by atoms with van der Waals surface area (Å²) in [6, 6.07) is 6.68. The second-order valence-corrected chi connectivity index (χ2v) is 8.29. The smallest absolute Gasteiger partial charge is 0.340 e. The van der Waals surface area contributed by atoms with Gasteiger partial charge in [-0.2, -0.15) is 0 Å². The molecule has 2 aromatic rings. The van der Waals surface area contributed by atoms with Gasteiger partial charge in [-0.3, -0.25) is 9.59 Å². The second-order valence-electron chi connectivity index (χ2n) is 6.09. The minimum absolute atomic E-state index is 0.0211. The van der Waals surface area contributed by atoms with Gasteiger partial charge in [0.1, 0.15) is 0 Å². The highest BCUT2D eigenvalue weighted by Crippen LogP contribution is 2.30. The van der Waals surface area contributed by atoms with Crippen molar-refractivity contribution in [3.8, 4) is 0 Å². The summed E-state index contributed by atoms with van der Waals surface area (Å²) in [4.78, 5) is 36.1. The summed E-state index contributed by atoms with van der Waals surface area (Å²) in [6.07, 6.45) is 2.92. The fourth-order valence-corrected chi connectivity index (χ4v) is 4.04. The van der Waals surface area contributed by atoms with Crippen LogP contribution in [0, 0.1) is 5.92 Å². The Kier molecular flexibility index (Phi) is 6.99. The number of rotatable bonds is 8. The molecular formula is C18H20N4O4S2. The molecule has 0 spiro atoms. The van der Waals surface area contributed by atoms with E-state index in [2.05, 4.69) is 20.8 Å². The summed E-state index contributed by atoms with van der Waals surface area (Å²) in [5.41, 5.74) is 0.705. The lowest BCUT2D eigenvalue weighted by atomic mass is 9.85. The van der Waals surface area contributed by atoms with Crippen molar-refractivity contribution in [3.63, 3.8) is 0 Å². The number of benzene rings is 1. The van der Waals surface area contributed by atoms with Crippen LogP contribution in [-0.4, -0.2) is 40.3 Å². The zero-order valence-corrected chi connectivity index (χ0v) is 16.9. The van der Waals surface area contributed by atoms with E-state index in [0.717, 1.165) is 19.3 Å². The van der Waals surface area contributed by atoms with Gasteiger partial charge < -0.3 is 15.4 Å². The maximum Gasteiger partial charge on any atom is 0.340 e. The van der Waals surface area contributed by atoms with E-state index in [1.54, 1.807) is 31.2 Å². The van der Waals surface area contributed by atoms with E-state index in [0.29, 0.717) is 20.7 Å². The van der Waals surface area contributed by atoms with Crippen LogP contribution in [0.1, 0.15) is 36.5 Å². The third-order valence-electron chi connectivity index (χ3n) is 4.14. The molecule has 10 heteroatoms. The first-order valence-corrected chi connectivity index (χ1v) is 10.7. The van der Waals surface area contributed by atoms with Crippen LogP contribution in [0.4, 0.5) is 10.8 Å². The number of para-hydroxylation sites is 1. The number of hydrogen-bond donors (Lipinski definition) is 2. The first-order valence-electron chi connectivity index (χ1n) is 8.90. The molecule has 1 saturated carbocycles. The Bertz CT molecular complexity index is 867. The van der Waals surface area contributed by atoms with Crippen LogP contribution in [0.3, 0.4) is 0 Å². The van der Waals surface area contributed by atoms with Gasteiger partial charge in [0.2, 0.25) is 16.9 Å². The van der Waals surface area contributed by atoms with Crippen molar-refractivity contribution in [2.24, 2.45) is 5.92 Å². The van der Waals surface area contributed by atoms with Gasteiger partial charge in [-0.1, -0.05) is 41.7 Å². The minimum atomic E-state index is -0.484. The maximum absolute atomic E-state index is 12.2. The molecule has 1 aromatic carbocycles. The molecule has 1 aliphatic carbocycles. The Hall–Kier alpha value is -2.46. The summed E-state index contributed by atoms with van der Waals surface area (Å²) in [5.74, 6) is -0.612. The van der Waals surface area contributed by atoms with E-state index in [1.165, 1.54) is 23.1 Å². The third kappa shape index (κ3) is 5.29. The molecule has 0 bridgehead atoms. The molecule has 0 unspecified atom stereocenters. The summed E-state index contributed by atoms with van der Waals surface area (Å²) in [7, 11) is 0. The number of carbonyl (C=O) groups is 3. The summed E-state index contributed by atoms with van der Waals surface area (Å²) in [6.45, 7) is 1.98. The number of aromatic nitrogens is 2. The van der Waals surface area contributed by atoms with Gasteiger partial charge in [0.15, 0.2) is 4.34 Å². The molecule has 2 N–H and O–H groups in total. The third-order valence-corrected chi connectivity index (χ3v) is 6.11. The average Bonchev–Trinajstić information content (AvgIpc) is 3.06. The highest BCUT2D eigenvalue weighted by molar-refractivity contribution is 8.01. The SMILES string of the molecule is CCOC(=O)c1ccccc1NC(=O)CSc1nnc(NC(=O)C2CCC2)s1. The predicted molar refractivity (Wildman–Crippen MR) is 108 cm³/mol. The number of anilines is 2. The van der Waals surface area contributed by atoms with E-state index < -0.39 is 5.97 Å². The van der Waals surface area contributed by atoms with Crippen molar-refractivity contribution in [1.29, 1.82) is 0 Å². The first kappa shape index (κ1) is 20.3. The van der Waals surface area contributed by atoms with Crippen molar-refractivity contribution in [2.45, 2.75) is 30.5 Å². The van der Waals surface area contributed by atoms with E-state index in [9.17, 15) is 14.4 Å². The number of thioether (sulfide) groups is 1. The molecule has 0 atom stereocenters. The molecule has 1 heterocycles. The van der Waals surface area contributed by atoms with Gasteiger partial charge in [0.05, 0.1) is 23.6 Å². The summed E-state index contributed by atoms with van der Waals surface area (Å²) >= 11 is 2.44.